The van der Waals surface area contributed by atoms with Crippen LogP contribution in [0.25, 0.3) is 11.0 Å². The first-order chi connectivity index (χ1) is 9.68. The molecule has 0 spiro atoms. The second kappa shape index (κ2) is 5.28. The van der Waals surface area contributed by atoms with Crippen molar-refractivity contribution in [3.8, 4) is 0 Å². The molecule has 2 aromatic rings. The van der Waals surface area contributed by atoms with Crippen LogP contribution in [0.3, 0.4) is 0 Å². The molecule has 0 saturated carbocycles. The lowest BCUT2D eigenvalue weighted by molar-refractivity contribution is 0.315. The van der Waals surface area contributed by atoms with E-state index in [0.29, 0.717) is 11.0 Å². The maximum atomic E-state index is 12.5. The second-order valence-electron chi connectivity index (χ2n) is 5.67. The Morgan fingerprint density at radius 2 is 1.90 bits per heavy atom. The zero-order valence-electron chi connectivity index (χ0n) is 12.2. The summed E-state index contributed by atoms with van der Waals surface area (Å²) < 4.78 is 27.6. The fourth-order valence-corrected chi connectivity index (χ4v) is 3.51. The summed E-state index contributed by atoms with van der Waals surface area (Å²) in [6.45, 7) is 5.77. The van der Waals surface area contributed by atoms with Crippen molar-refractivity contribution in [3.05, 3.63) is 28.7 Å². The van der Waals surface area contributed by atoms with Gasteiger partial charge in [-0.05, 0) is 31.0 Å². The number of rotatable bonds is 5. The van der Waals surface area contributed by atoms with Gasteiger partial charge in [0, 0.05) is 12.1 Å². The molecule has 0 aliphatic heterocycles. The SMILES string of the molecule is CC(C)C(C)(CN)NS(=O)(=O)c1ccc2[nH]c(=O)[nH]c2c1. The summed E-state index contributed by atoms with van der Waals surface area (Å²) in [6.07, 6.45) is 0. The van der Waals surface area contributed by atoms with Crippen LogP contribution < -0.4 is 16.1 Å². The average molecular weight is 312 g/mol. The average Bonchev–Trinajstić information content (AvgIpc) is 2.76. The van der Waals surface area contributed by atoms with Crippen LogP contribution in [0.1, 0.15) is 20.8 Å². The molecule has 0 bridgehead atoms. The fraction of sp³-hybridized carbons (Fsp3) is 0.462. The van der Waals surface area contributed by atoms with Gasteiger partial charge in [0.15, 0.2) is 0 Å². The van der Waals surface area contributed by atoms with E-state index in [-0.39, 0.29) is 23.0 Å². The molecule has 0 aliphatic carbocycles. The highest BCUT2D eigenvalue weighted by atomic mass is 32.2. The Morgan fingerprint density at radius 3 is 2.48 bits per heavy atom. The molecule has 116 valence electrons. The number of benzene rings is 1. The monoisotopic (exact) mass is 312 g/mol. The van der Waals surface area contributed by atoms with Gasteiger partial charge in [-0.25, -0.2) is 17.9 Å². The minimum atomic E-state index is -3.72. The molecule has 0 aliphatic rings. The van der Waals surface area contributed by atoms with Crippen LogP contribution in [0.15, 0.2) is 27.9 Å². The third-order valence-corrected chi connectivity index (χ3v) is 5.47. The summed E-state index contributed by atoms with van der Waals surface area (Å²) in [4.78, 5) is 16.4. The molecule has 1 aromatic carbocycles. The molecule has 0 amide bonds. The minimum Gasteiger partial charge on any atom is -0.329 e. The van der Waals surface area contributed by atoms with Gasteiger partial charge in [-0.2, -0.15) is 0 Å². The van der Waals surface area contributed by atoms with E-state index in [1.54, 1.807) is 13.0 Å². The predicted octanol–water partition coefficient (Wildman–Crippen LogP) is 0.508. The van der Waals surface area contributed by atoms with Gasteiger partial charge in [-0.15, -0.1) is 0 Å². The Balaban J connectivity index is 2.43. The summed E-state index contributed by atoms with van der Waals surface area (Å²) in [5.41, 5.74) is 5.60. The van der Waals surface area contributed by atoms with Crippen molar-refractivity contribution >= 4 is 21.1 Å². The van der Waals surface area contributed by atoms with E-state index >= 15 is 0 Å². The highest BCUT2D eigenvalue weighted by Gasteiger charge is 2.32. The largest absolute Gasteiger partial charge is 0.329 e. The van der Waals surface area contributed by atoms with Gasteiger partial charge in [0.25, 0.3) is 0 Å². The van der Waals surface area contributed by atoms with Gasteiger partial charge in [-0.3, -0.25) is 0 Å². The summed E-state index contributed by atoms with van der Waals surface area (Å²) in [5.74, 6) is 0.0353. The molecule has 0 saturated heterocycles. The molecule has 5 N–H and O–H groups in total. The standard InChI is InChI=1S/C13H20N4O3S/c1-8(2)13(3,7-14)17-21(19,20)9-4-5-10-11(6-9)16-12(18)15-10/h4-6,8,17H,7,14H2,1-3H3,(H2,15,16,18). The lowest BCUT2D eigenvalue weighted by Gasteiger charge is -2.33. The number of hydrogen-bond donors (Lipinski definition) is 4. The van der Waals surface area contributed by atoms with Crippen LogP contribution in [0.5, 0.6) is 0 Å². The van der Waals surface area contributed by atoms with E-state index in [4.69, 9.17) is 5.73 Å². The number of H-pyrrole nitrogens is 2. The third-order valence-electron chi connectivity index (χ3n) is 3.86. The second-order valence-corrected chi connectivity index (χ2v) is 7.35. The van der Waals surface area contributed by atoms with Crippen LogP contribution in [0.2, 0.25) is 0 Å². The van der Waals surface area contributed by atoms with E-state index in [2.05, 4.69) is 14.7 Å². The minimum absolute atomic E-state index is 0.0353. The van der Waals surface area contributed by atoms with Crippen molar-refractivity contribution in [2.45, 2.75) is 31.2 Å². The van der Waals surface area contributed by atoms with Gasteiger partial charge in [0.05, 0.1) is 15.9 Å². The van der Waals surface area contributed by atoms with Crippen LogP contribution in [-0.2, 0) is 10.0 Å². The van der Waals surface area contributed by atoms with Crippen molar-refractivity contribution < 1.29 is 8.42 Å². The molecule has 1 aromatic heterocycles. The topological polar surface area (TPSA) is 121 Å². The van der Waals surface area contributed by atoms with Crippen molar-refractivity contribution in [1.82, 2.24) is 14.7 Å². The number of hydrogen-bond acceptors (Lipinski definition) is 4. The Hall–Kier alpha value is -1.64. The lowest BCUT2D eigenvalue weighted by Crippen LogP contribution is -2.54. The zero-order chi connectivity index (χ0) is 15.8. The van der Waals surface area contributed by atoms with E-state index in [1.807, 2.05) is 13.8 Å². The molecule has 2 rings (SSSR count). The Bertz CT molecular complexity index is 806. The lowest BCUT2D eigenvalue weighted by atomic mass is 9.90. The Kier molecular flexibility index (Phi) is 3.96. The fourth-order valence-electron chi connectivity index (χ4n) is 1.94. The van der Waals surface area contributed by atoms with Gasteiger partial charge < -0.3 is 15.7 Å². The van der Waals surface area contributed by atoms with Gasteiger partial charge in [0.2, 0.25) is 10.0 Å². The van der Waals surface area contributed by atoms with Gasteiger partial charge >= 0.3 is 5.69 Å². The summed E-state index contributed by atoms with van der Waals surface area (Å²) in [6, 6.07) is 4.43. The number of aromatic amines is 2. The third kappa shape index (κ3) is 3.02. The van der Waals surface area contributed by atoms with Crippen molar-refractivity contribution in [3.63, 3.8) is 0 Å². The quantitative estimate of drug-likeness (QED) is 0.642. The first-order valence-corrected chi connectivity index (χ1v) is 8.12. The van der Waals surface area contributed by atoms with Gasteiger partial charge in [0.1, 0.15) is 0 Å². The molecular formula is C13H20N4O3S. The number of imidazole rings is 1. The van der Waals surface area contributed by atoms with E-state index in [9.17, 15) is 13.2 Å². The predicted molar refractivity (Wildman–Crippen MR) is 81.5 cm³/mol. The highest BCUT2D eigenvalue weighted by molar-refractivity contribution is 7.89. The first-order valence-electron chi connectivity index (χ1n) is 6.64. The number of sulfonamides is 1. The number of aromatic nitrogens is 2. The van der Waals surface area contributed by atoms with Crippen molar-refractivity contribution in [1.29, 1.82) is 0 Å². The molecule has 1 atom stereocenters. The summed E-state index contributed by atoms with van der Waals surface area (Å²) >= 11 is 0. The van der Waals surface area contributed by atoms with Crippen LogP contribution in [-0.4, -0.2) is 30.5 Å². The van der Waals surface area contributed by atoms with Crippen LogP contribution in [0.4, 0.5) is 0 Å². The van der Waals surface area contributed by atoms with E-state index in [0.717, 1.165) is 0 Å². The maximum Gasteiger partial charge on any atom is 0.323 e. The molecule has 1 heterocycles. The molecule has 1 unspecified atom stereocenters. The van der Waals surface area contributed by atoms with Crippen LogP contribution in [0, 0.1) is 5.92 Å². The normalized spacial score (nSPS) is 15.5. The summed E-state index contributed by atoms with van der Waals surface area (Å²) in [5, 5.41) is 0. The zero-order valence-corrected chi connectivity index (χ0v) is 13.0. The molecule has 0 radical (unpaired) electrons. The highest BCUT2D eigenvalue weighted by Crippen LogP contribution is 2.21. The van der Waals surface area contributed by atoms with Crippen molar-refractivity contribution in [2.75, 3.05) is 6.54 Å². The van der Waals surface area contributed by atoms with E-state index < -0.39 is 15.6 Å². The Morgan fingerprint density at radius 1 is 1.29 bits per heavy atom. The molecule has 7 nitrogen and oxygen atoms in total. The van der Waals surface area contributed by atoms with Crippen LogP contribution >= 0.6 is 0 Å². The number of fused-ring (bicyclic) bond motifs is 1. The molecular weight excluding hydrogens is 292 g/mol. The number of nitrogens with one attached hydrogen (secondary N) is 3. The number of nitrogens with two attached hydrogens (primary N) is 1. The van der Waals surface area contributed by atoms with E-state index in [1.165, 1.54) is 12.1 Å². The first kappa shape index (κ1) is 15.7. The molecule has 21 heavy (non-hydrogen) atoms. The Labute approximate surface area is 123 Å². The van der Waals surface area contributed by atoms with Crippen molar-refractivity contribution in [2.24, 2.45) is 11.7 Å². The van der Waals surface area contributed by atoms with Gasteiger partial charge in [-0.1, -0.05) is 13.8 Å². The summed E-state index contributed by atoms with van der Waals surface area (Å²) in [7, 11) is -3.72. The maximum absolute atomic E-state index is 12.5. The molecule has 8 heteroatoms. The molecule has 0 fully saturated rings. The smallest absolute Gasteiger partial charge is 0.323 e.